The van der Waals surface area contributed by atoms with E-state index in [1.54, 1.807) is 0 Å². The standard InChI is InChI=1S/C36H64N12O7/c1-23(30(49)48-29(35(54)55)16-7-10-20-39)44-32(51)28(17-11-21-43-36(41)42)47-34(53)27(15-6-9-19-38)46-33(52)26(14-5-8-18-37)45-31(50)25(40)22-24-12-3-2-4-13-24/h2-4,12-13,23,25-29H,5-11,14-22,37-40H2,1H3,(H,44,51)(H,45,50)(H,46,52)(H,47,53)(H,48,49)(H,54,55)(H4,41,42,43). The van der Waals surface area contributed by atoms with Gasteiger partial charge < -0.3 is 66.1 Å². The predicted molar refractivity (Wildman–Crippen MR) is 210 cm³/mol. The van der Waals surface area contributed by atoms with Crippen molar-refractivity contribution in [3.05, 3.63) is 35.9 Å². The number of carbonyl (C=O) groups is 6. The maximum atomic E-state index is 13.8. The average molecular weight is 777 g/mol. The number of carboxylic acids is 1. The van der Waals surface area contributed by atoms with Crippen LogP contribution in [0.5, 0.6) is 0 Å². The molecule has 1 rings (SSSR count). The Kier molecular flexibility index (Phi) is 24.3. The summed E-state index contributed by atoms with van der Waals surface area (Å²) in [5, 5.41) is 22.7. The number of unbranched alkanes of at least 4 members (excludes halogenated alkanes) is 3. The highest BCUT2D eigenvalue weighted by molar-refractivity contribution is 5.96. The third-order valence-corrected chi connectivity index (χ3v) is 8.69. The number of aliphatic carboxylic acids is 1. The van der Waals surface area contributed by atoms with Crippen LogP contribution in [0.15, 0.2) is 35.3 Å². The van der Waals surface area contributed by atoms with E-state index in [1.807, 2.05) is 30.3 Å². The molecule has 310 valence electrons. The van der Waals surface area contributed by atoms with Crippen molar-refractivity contribution in [2.24, 2.45) is 39.4 Å². The van der Waals surface area contributed by atoms with Gasteiger partial charge in [-0.05, 0) is 109 Å². The van der Waals surface area contributed by atoms with Crippen molar-refractivity contribution in [3.8, 4) is 0 Å². The number of amides is 5. The number of benzene rings is 1. The summed E-state index contributed by atoms with van der Waals surface area (Å²) in [4.78, 5) is 82.8. The van der Waals surface area contributed by atoms with E-state index in [9.17, 15) is 33.9 Å². The van der Waals surface area contributed by atoms with Crippen LogP contribution < -0.4 is 61.0 Å². The van der Waals surface area contributed by atoms with Gasteiger partial charge in [0.25, 0.3) is 0 Å². The van der Waals surface area contributed by atoms with Gasteiger partial charge in [-0.1, -0.05) is 30.3 Å². The first-order valence-corrected chi connectivity index (χ1v) is 18.9. The van der Waals surface area contributed by atoms with Crippen LogP contribution in [-0.2, 0) is 35.2 Å². The van der Waals surface area contributed by atoms with E-state index in [0.717, 1.165) is 5.56 Å². The van der Waals surface area contributed by atoms with Gasteiger partial charge in [-0.3, -0.25) is 29.0 Å². The Labute approximate surface area is 323 Å². The van der Waals surface area contributed by atoms with Crippen molar-refractivity contribution < 1.29 is 33.9 Å². The molecule has 55 heavy (non-hydrogen) atoms. The molecule has 0 bridgehead atoms. The maximum Gasteiger partial charge on any atom is 0.326 e. The maximum absolute atomic E-state index is 13.8. The summed E-state index contributed by atoms with van der Waals surface area (Å²) < 4.78 is 0. The van der Waals surface area contributed by atoms with E-state index >= 15 is 0 Å². The van der Waals surface area contributed by atoms with Gasteiger partial charge in [-0.15, -0.1) is 0 Å². The average Bonchev–Trinajstić information content (AvgIpc) is 3.14. The largest absolute Gasteiger partial charge is 0.480 e. The Morgan fingerprint density at radius 3 is 1.47 bits per heavy atom. The SMILES string of the molecule is CC(NC(=O)C(CCCN=C(N)N)NC(=O)C(CCCCN)NC(=O)C(CCCCN)NC(=O)C(N)Cc1ccccc1)C(=O)NC(CCCCN)C(=O)O. The molecule has 0 saturated heterocycles. The van der Waals surface area contributed by atoms with Gasteiger partial charge in [-0.25, -0.2) is 4.79 Å². The van der Waals surface area contributed by atoms with Crippen LogP contribution in [0.25, 0.3) is 0 Å². The third-order valence-electron chi connectivity index (χ3n) is 8.69. The van der Waals surface area contributed by atoms with Crippen LogP contribution in [0.4, 0.5) is 0 Å². The molecule has 0 spiro atoms. The number of carboxylic acid groups (broad SMARTS) is 1. The lowest BCUT2D eigenvalue weighted by molar-refractivity contribution is -0.142. The molecule has 0 heterocycles. The van der Waals surface area contributed by atoms with Gasteiger partial charge in [0.2, 0.25) is 29.5 Å². The zero-order valence-electron chi connectivity index (χ0n) is 32.0. The minimum absolute atomic E-state index is 0.0417. The zero-order valence-corrected chi connectivity index (χ0v) is 32.0. The van der Waals surface area contributed by atoms with Gasteiger partial charge in [-0.2, -0.15) is 0 Å². The van der Waals surface area contributed by atoms with Gasteiger partial charge >= 0.3 is 5.97 Å². The zero-order chi connectivity index (χ0) is 41.2. The summed E-state index contributed by atoms with van der Waals surface area (Å²) in [5.74, 6) is -4.72. The number of nitrogens with two attached hydrogens (primary N) is 6. The number of guanidine groups is 1. The molecule has 19 nitrogen and oxygen atoms in total. The van der Waals surface area contributed by atoms with E-state index in [4.69, 9.17) is 34.4 Å². The molecular weight excluding hydrogens is 712 g/mol. The van der Waals surface area contributed by atoms with Gasteiger partial charge in [0, 0.05) is 6.54 Å². The van der Waals surface area contributed by atoms with Crippen LogP contribution in [0.1, 0.15) is 83.1 Å². The first-order valence-electron chi connectivity index (χ1n) is 18.9. The molecule has 0 aliphatic heterocycles. The molecule has 0 fully saturated rings. The fourth-order valence-corrected chi connectivity index (χ4v) is 5.51. The normalized spacial score (nSPS) is 14.2. The number of nitrogens with one attached hydrogen (secondary N) is 5. The van der Waals surface area contributed by atoms with Crippen molar-refractivity contribution in [1.82, 2.24) is 26.6 Å². The van der Waals surface area contributed by atoms with Crippen molar-refractivity contribution in [2.75, 3.05) is 26.2 Å². The number of nitrogens with zero attached hydrogens (tertiary/aromatic N) is 1. The second-order valence-electron chi connectivity index (χ2n) is 13.4. The molecule has 1 aromatic carbocycles. The van der Waals surface area contributed by atoms with E-state index in [0.29, 0.717) is 58.2 Å². The van der Waals surface area contributed by atoms with Crippen molar-refractivity contribution in [3.63, 3.8) is 0 Å². The van der Waals surface area contributed by atoms with Crippen LogP contribution >= 0.6 is 0 Å². The first-order chi connectivity index (χ1) is 26.2. The summed E-state index contributed by atoms with van der Waals surface area (Å²) in [6.45, 7) is 2.60. The molecule has 19 heteroatoms. The second-order valence-corrected chi connectivity index (χ2v) is 13.4. The van der Waals surface area contributed by atoms with Crippen LogP contribution in [0, 0.1) is 0 Å². The number of hydrogen-bond acceptors (Lipinski definition) is 11. The summed E-state index contributed by atoms with van der Waals surface area (Å²) in [5.41, 5.74) is 34.8. The quantitative estimate of drug-likeness (QED) is 0.0228. The minimum atomic E-state index is -1.23. The molecule has 0 radical (unpaired) electrons. The summed E-state index contributed by atoms with van der Waals surface area (Å²) in [6, 6.07) is 2.52. The fraction of sp³-hybridized carbons (Fsp3) is 0.639. The number of aliphatic imine (C=N–C) groups is 1. The lowest BCUT2D eigenvalue weighted by Crippen LogP contribution is -2.59. The minimum Gasteiger partial charge on any atom is -0.480 e. The van der Waals surface area contributed by atoms with E-state index in [2.05, 4.69) is 31.6 Å². The topological polar surface area (TPSA) is 351 Å². The Morgan fingerprint density at radius 1 is 0.600 bits per heavy atom. The van der Waals surface area contributed by atoms with Crippen molar-refractivity contribution in [2.45, 2.75) is 120 Å². The van der Waals surface area contributed by atoms with Crippen molar-refractivity contribution >= 4 is 41.5 Å². The Bertz CT molecular complexity index is 1360. The van der Waals surface area contributed by atoms with E-state index in [-0.39, 0.29) is 51.0 Å². The molecule has 18 N–H and O–H groups in total. The summed E-state index contributed by atoms with van der Waals surface area (Å²) >= 11 is 0. The summed E-state index contributed by atoms with van der Waals surface area (Å²) in [7, 11) is 0. The molecule has 6 atom stereocenters. The Balaban J connectivity index is 3.19. The Hall–Kier alpha value is -4.85. The smallest absolute Gasteiger partial charge is 0.326 e. The van der Waals surface area contributed by atoms with Crippen LogP contribution in [0.3, 0.4) is 0 Å². The number of hydrogen-bond donors (Lipinski definition) is 12. The predicted octanol–water partition coefficient (Wildman–Crippen LogP) is -2.47. The lowest BCUT2D eigenvalue weighted by atomic mass is 10.0. The van der Waals surface area contributed by atoms with Gasteiger partial charge in [0.15, 0.2) is 5.96 Å². The highest BCUT2D eigenvalue weighted by atomic mass is 16.4. The molecule has 0 aliphatic carbocycles. The van der Waals surface area contributed by atoms with Crippen molar-refractivity contribution in [1.29, 1.82) is 0 Å². The first kappa shape index (κ1) is 48.2. The fourth-order valence-electron chi connectivity index (χ4n) is 5.51. The highest BCUT2D eigenvalue weighted by Crippen LogP contribution is 2.09. The monoisotopic (exact) mass is 777 g/mol. The van der Waals surface area contributed by atoms with Crippen LogP contribution in [0.2, 0.25) is 0 Å². The second kappa shape index (κ2) is 27.7. The van der Waals surface area contributed by atoms with Gasteiger partial charge in [0.05, 0.1) is 6.04 Å². The van der Waals surface area contributed by atoms with E-state index < -0.39 is 71.8 Å². The molecule has 0 aliphatic rings. The molecule has 5 amide bonds. The third kappa shape index (κ3) is 20.4. The van der Waals surface area contributed by atoms with Crippen LogP contribution in [-0.4, -0.2) is 109 Å². The number of rotatable bonds is 29. The summed E-state index contributed by atoms with van der Waals surface area (Å²) in [6.07, 6.45) is 4.24. The Morgan fingerprint density at radius 2 is 1.02 bits per heavy atom. The molecule has 1 aromatic rings. The number of carbonyl (C=O) groups excluding carboxylic acids is 5. The highest BCUT2D eigenvalue weighted by Gasteiger charge is 2.31. The van der Waals surface area contributed by atoms with Gasteiger partial charge in [0.1, 0.15) is 30.2 Å². The molecule has 6 unspecified atom stereocenters. The van der Waals surface area contributed by atoms with E-state index in [1.165, 1.54) is 6.92 Å². The lowest BCUT2D eigenvalue weighted by Gasteiger charge is -2.27. The molecule has 0 saturated carbocycles. The molecular formula is C36H64N12O7. The molecule has 0 aromatic heterocycles.